The highest BCUT2D eigenvalue weighted by Crippen LogP contribution is 2.39. The molecule has 0 saturated carbocycles. The quantitative estimate of drug-likeness (QED) is 0.0855. The number of nitrogens with one attached hydrogen (secondary N) is 6. The van der Waals surface area contributed by atoms with Crippen molar-refractivity contribution in [3.8, 4) is 0 Å². The Morgan fingerprint density at radius 2 is 1.27 bits per heavy atom. The van der Waals surface area contributed by atoms with Crippen molar-refractivity contribution in [2.24, 2.45) is 5.41 Å². The molecule has 4 aliphatic rings. The molecule has 0 spiro atoms. The molecular weight excluding hydrogens is 957 g/mol. The smallest absolute Gasteiger partial charge is 0.313 e. The Bertz CT molecular complexity index is 2580. The van der Waals surface area contributed by atoms with Crippen LogP contribution in [0.2, 0.25) is 0 Å². The fourth-order valence-corrected chi connectivity index (χ4v) is 11.9. The lowest BCUT2D eigenvalue weighted by atomic mass is 9.85. The molecule has 0 aromatic heterocycles. The van der Waals surface area contributed by atoms with Gasteiger partial charge in [0.2, 0.25) is 29.5 Å². The first-order chi connectivity index (χ1) is 35.1. The van der Waals surface area contributed by atoms with Crippen molar-refractivity contribution in [3.05, 3.63) is 106 Å². The molecule has 17 heteroatoms. The molecule has 400 valence electrons. The van der Waals surface area contributed by atoms with E-state index in [0.717, 1.165) is 72.5 Å². The lowest BCUT2D eigenvalue weighted by Gasteiger charge is -2.42. The van der Waals surface area contributed by atoms with Gasteiger partial charge in [-0.05, 0) is 131 Å². The van der Waals surface area contributed by atoms with E-state index in [1.54, 1.807) is 46.7 Å². The zero-order chi connectivity index (χ0) is 53.6. The number of likely N-dealkylation sites (N-methyl/N-ethyl adjacent to an activating group) is 2. The van der Waals surface area contributed by atoms with Crippen molar-refractivity contribution in [1.82, 2.24) is 41.7 Å². The van der Waals surface area contributed by atoms with E-state index < -0.39 is 64.2 Å². The Labute approximate surface area is 441 Å². The number of aryl methyl sites for hydroxylation is 2. The largest absolute Gasteiger partial charge is 0.481 e. The van der Waals surface area contributed by atoms with Crippen LogP contribution in [-0.4, -0.2) is 130 Å². The number of Topliss-reactive ketones (excluding diaryl/α,β-unsaturated/α-hetero) is 1. The van der Waals surface area contributed by atoms with E-state index in [1.165, 1.54) is 21.6 Å². The van der Waals surface area contributed by atoms with Gasteiger partial charge in [-0.1, -0.05) is 87.5 Å². The Hall–Kier alpha value is -5.62. The van der Waals surface area contributed by atoms with Crippen LogP contribution in [0.15, 0.2) is 66.7 Å². The monoisotopic (exact) mass is 1030 g/mol. The first-order valence-electron chi connectivity index (χ1n) is 26.4. The molecule has 3 aromatic carbocycles. The Morgan fingerprint density at radius 3 is 1.86 bits per heavy atom. The number of carbonyl (C=O) groups excluding carboxylic acids is 6. The third kappa shape index (κ3) is 12.9. The van der Waals surface area contributed by atoms with Crippen LogP contribution in [0.1, 0.15) is 138 Å². The van der Waals surface area contributed by atoms with E-state index in [0.29, 0.717) is 6.42 Å². The summed E-state index contributed by atoms with van der Waals surface area (Å²) in [5.74, 6) is -3.81. The zero-order valence-electron chi connectivity index (χ0n) is 44.6. The number of carboxylic acid groups (broad SMARTS) is 1. The van der Waals surface area contributed by atoms with Gasteiger partial charge in [-0.3, -0.25) is 33.6 Å². The van der Waals surface area contributed by atoms with Gasteiger partial charge in [-0.25, -0.2) is 0 Å². The number of ketones is 1. The Kier molecular flexibility index (Phi) is 18.1. The Balaban J connectivity index is 1.23. The van der Waals surface area contributed by atoms with E-state index in [-0.39, 0.29) is 73.3 Å². The number of carbonyl (C=O) groups is 7. The summed E-state index contributed by atoms with van der Waals surface area (Å²) >= 11 is 1.03. The molecule has 0 radical (unpaired) electrons. The first kappa shape index (κ1) is 56.1. The topological polar surface area (TPSA) is 218 Å². The summed E-state index contributed by atoms with van der Waals surface area (Å²) in [5, 5.41) is 28.4. The van der Waals surface area contributed by atoms with Gasteiger partial charge >= 0.3 is 5.97 Å². The van der Waals surface area contributed by atoms with Crippen LogP contribution < -0.4 is 31.9 Å². The van der Waals surface area contributed by atoms with Gasteiger partial charge < -0.3 is 46.8 Å². The molecule has 3 aromatic rings. The second-order valence-electron chi connectivity index (χ2n) is 22.4. The summed E-state index contributed by atoms with van der Waals surface area (Å²) < 4.78 is -1.13. The normalized spacial score (nSPS) is 22.2. The summed E-state index contributed by atoms with van der Waals surface area (Å²) in [4.78, 5) is 102. The number of amides is 5. The number of nitrogens with zero attached hydrogens (tertiary/aromatic N) is 2. The van der Waals surface area contributed by atoms with Gasteiger partial charge in [0.1, 0.15) is 18.1 Å². The molecule has 9 atom stereocenters. The zero-order valence-corrected chi connectivity index (χ0v) is 45.5. The maximum Gasteiger partial charge on any atom is 0.313 e. The van der Waals surface area contributed by atoms with Gasteiger partial charge in [-0.15, -0.1) is 11.8 Å². The van der Waals surface area contributed by atoms with Crippen LogP contribution >= 0.6 is 11.8 Å². The van der Waals surface area contributed by atoms with Crippen molar-refractivity contribution >= 4 is 53.1 Å². The van der Waals surface area contributed by atoms with Crippen LogP contribution in [0.25, 0.3) is 0 Å². The van der Waals surface area contributed by atoms with Crippen LogP contribution in [0.4, 0.5) is 0 Å². The van der Waals surface area contributed by atoms with E-state index >= 15 is 4.79 Å². The highest BCUT2D eigenvalue weighted by atomic mass is 32.2. The second-order valence-corrected chi connectivity index (χ2v) is 24.0. The fourth-order valence-electron chi connectivity index (χ4n) is 11.1. The van der Waals surface area contributed by atoms with Crippen LogP contribution in [0.3, 0.4) is 0 Å². The molecule has 5 unspecified atom stereocenters. The summed E-state index contributed by atoms with van der Waals surface area (Å²) in [7, 11) is 3.31. The molecule has 2 aliphatic heterocycles. The number of carboxylic acids is 1. The first-order valence-corrected chi connectivity index (χ1v) is 27.4. The van der Waals surface area contributed by atoms with E-state index in [4.69, 9.17) is 0 Å². The number of hydrogen-bond acceptors (Lipinski definition) is 11. The number of hydrogen-bond donors (Lipinski definition) is 7. The number of fused-ring (bicyclic) bond motifs is 3. The molecule has 16 nitrogen and oxygen atoms in total. The minimum absolute atomic E-state index is 0.00125. The van der Waals surface area contributed by atoms with E-state index in [9.17, 15) is 33.9 Å². The highest BCUT2D eigenvalue weighted by molar-refractivity contribution is 8.01. The predicted molar refractivity (Wildman–Crippen MR) is 287 cm³/mol. The average Bonchev–Trinajstić information content (AvgIpc) is 3.84. The maximum absolute atomic E-state index is 15.4. The number of likely N-dealkylation sites (tertiary alicyclic amines) is 1. The van der Waals surface area contributed by atoms with E-state index in [2.05, 4.69) is 50.1 Å². The number of benzene rings is 3. The number of rotatable bonds is 19. The minimum Gasteiger partial charge on any atom is -0.481 e. The third-order valence-electron chi connectivity index (χ3n) is 15.8. The lowest BCUT2D eigenvalue weighted by molar-refractivity contribution is -0.145. The van der Waals surface area contributed by atoms with Crippen molar-refractivity contribution in [1.29, 1.82) is 0 Å². The highest BCUT2D eigenvalue weighted by Gasteiger charge is 2.48. The molecule has 74 heavy (non-hydrogen) atoms. The lowest BCUT2D eigenvalue weighted by Crippen LogP contribution is -2.63. The van der Waals surface area contributed by atoms with Crippen molar-refractivity contribution in [2.45, 2.75) is 165 Å². The molecule has 5 amide bonds. The predicted octanol–water partition coefficient (Wildman–Crippen LogP) is 4.88. The molecule has 2 heterocycles. The summed E-state index contributed by atoms with van der Waals surface area (Å²) in [5.41, 5.74) is 6.44. The van der Waals surface area contributed by atoms with Crippen LogP contribution in [0, 0.1) is 5.41 Å². The third-order valence-corrected chi connectivity index (χ3v) is 17.2. The molecule has 7 rings (SSSR count). The van der Waals surface area contributed by atoms with Gasteiger partial charge in [0.05, 0.1) is 36.5 Å². The van der Waals surface area contributed by atoms with Gasteiger partial charge in [0.25, 0.3) is 0 Å². The minimum atomic E-state index is -1.23. The standard InChI is InChI=1S/C57H78N8O8S/c1-33(58-8)51(69)62-49(56(3,4)5)54(72)64-31-40(28-45(64)47(66)29-60-43-22-14-18-35-16-10-12-20-41(35)43)37-24-25-38-27-46(53(71)61-44-23-15-19-36-17-11-13-21-42(36)44)65(30-39(38)26-37)55(73)50(63-52(70)34(2)59-9)57(6,7)74-32-48(67)68/h10-13,16-17,20-21,24-26,33-34,40,43-46,49-50,58-60H,14-15,18-19,22-23,27-32H2,1-9H3,(H,61,71)(H,62,69)(H,63,70)(H,67,68)/t33-,34-,40?,43?,44?,45-,46-,49?,50?/m0/s1. The molecule has 2 aliphatic carbocycles. The summed E-state index contributed by atoms with van der Waals surface area (Å²) in [6, 6.07) is 16.9. The van der Waals surface area contributed by atoms with Gasteiger partial charge in [0, 0.05) is 36.2 Å². The molecule has 1 saturated heterocycles. The maximum atomic E-state index is 15.4. The fraction of sp³-hybridized carbons (Fsp3) is 0.561. The molecule has 0 bridgehead atoms. The van der Waals surface area contributed by atoms with Crippen molar-refractivity contribution < 1.29 is 38.7 Å². The summed E-state index contributed by atoms with van der Waals surface area (Å²) in [6.07, 6.45) is 5.87. The van der Waals surface area contributed by atoms with Crippen LogP contribution in [0.5, 0.6) is 0 Å². The average molecular weight is 1040 g/mol. The SMILES string of the molecule is CN[C@@H](C)C(=O)NC(C(=O)N1CC(c2ccc3c(c2)CN(C(=O)C(NC(=O)[C@H](C)NC)C(C)(C)SCC(=O)O)[C@H](C(=O)NC2CCCc4ccccc42)C3)C[C@H]1C(=O)CNC1CCCc2ccccc21)C(C)(C)C. The van der Waals surface area contributed by atoms with Crippen molar-refractivity contribution in [3.63, 3.8) is 0 Å². The van der Waals surface area contributed by atoms with Gasteiger partial charge in [-0.2, -0.15) is 0 Å². The van der Waals surface area contributed by atoms with Crippen LogP contribution in [-0.2, 0) is 59.4 Å². The number of thioether (sulfide) groups is 1. The second kappa shape index (κ2) is 23.9. The number of aliphatic carboxylic acids is 1. The molecule has 1 fully saturated rings. The van der Waals surface area contributed by atoms with Gasteiger partial charge in [0.15, 0.2) is 5.78 Å². The molecule has 7 N–H and O–H groups in total. The Morgan fingerprint density at radius 1 is 0.703 bits per heavy atom. The van der Waals surface area contributed by atoms with E-state index in [1.807, 2.05) is 69.3 Å². The van der Waals surface area contributed by atoms with Crippen molar-refractivity contribution in [2.75, 3.05) is 32.9 Å². The molecular formula is C57H78N8O8S. The summed E-state index contributed by atoms with van der Waals surface area (Å²) in [6.45, 7) is 12.8.